The number of hydrogen-bond donors (Lipinski definition) is 2. The van der Waals surface area contributed by atoms with Crippen LogP contribution in [0.3, 0.4) is 0 Å². The van der Waals surface area contributed by atoms with Gasteiger partial charge in [-0.25, -0.2) is 0 Å². The number of nitrogens with one attached hydrogen (secondary N) is 1. The first-order valence-corrected chi connectivity index (χ1v) is 6.85. The molecule has 1 aromatic heterocycles. The van der Waals surface area contributed by atoms with Gasteiger partial charge in [0, 0.05) is 17.7 Å². The first-order valence-electron chi connectivity index (χ1n) is 6.85. The van der Waals surface area contributed by atoms with Crippen LogP contribution >= 0.6 is 0 Å². The summed E-state index contributed by atoms with van der Waals surface area (Å²) < 4.78 is 4.70. The quantitative estimate of drug-likeness (QED) is 0.875. The largest absolute Gasteiger partial charge is 0.345 e. The Morgan fingerprint density at radius 1 is 1.38 bits per heavy atom. The maximum Gasteiger partial charge on any atom is 0.251 e. The summed E-state index contributed by atoms with van der Waals surface area (Å²) in [4.78, 5) is 16.3. The molecular weight excluding hydrogens is 268 g/mol. The minimum atomic E-state index is -0.427. The Hall–Kier alpha value is -2.21. The lowest BCUT2D eigenvalue weighted by Gasteiger charge is -2.33. The van der Waals surface area contributed by atoms with Gasteiger partial charge in [-0.15, -0.1) is 0 Å². The van der Waals surface area contributed by atoms with Crippen molar-refractivity contribution in [2.45, 2.75) is 26.3 Å². The van der Waals surface area contributed by atoms with Crippen LogP contribution in [0, 0.1) is 5.92 Å². The van der Waals surface area contributed by atoms with Crippen LogP contribution in [0.15, 0.2) is 35.2 Å². The van der Waals surface area contributed by atoms with Crippen molar-refractivity contribution >= 4 is 5.91 Å². The van der Waals surface area contributed by atoms with Crippen LogP contribution < -0.4 is 11.1 Å². The highest BCUT2D eigenvalue weighted by Gasteiger charge is 2.28. The summed E-state index contributed by atoms with van der Waals surface area (Å²) in [6.07, 6.45) is 1.27. The molecular formula is C15H20N4O2. The molecule has 0 fully saturated rings. The van der Waals surface area contributed by atoms with Gasteiger partial charge in [0.15, 0.2) is 0 Å². The Balaban J connectivity index is 2.13. The number of amides is 1. The van der Waals surface area contributed by atoms with Gasteiger partial charge in [0.2, 0.25) is 12.2 Å². The summed E-state index contributed by atoms with van der Waals surface area (Å²) in [5, 5.41) is 6.75. The van der Waals surface area contributed by atoms with E-state index in [4.69, 9.17) is 10.3 Å². The number of nitrogens with zero attached hydrogens (tertiary/aromatic N) is 2. The van der Waals surface area contributed by atoms with E-state index in [1.54, 1.807) is 24.3 Å². The van der Waals surface area contributed by atoms with Crippen molar-refractivity contribution in [2.24, 2.45) is 11.7 Å². The van der Waals surface area contributed by atoms with Crippen LogP contribution in [0.4, 0.5) is 0 Å². The summed E-state index contributed by atoms with van der Waals surface area (Å²) in [6.45, 7) is 6.40. The zero-order valence-electron chi connectivity index (χ0n) is 12.5. The van der Waals surface area contributed by atoms with Crippen molar-refractivity contribution in [3.63, 3.8) is 0 Å². The number of benzene rings is 1. The van der Waals surface area contributed by atoms with Crippen molar-refractivity contribution in [1.29, 1.82) is 0 Å². The molecule has 1 atom stereocenters. The van der Waals surface area contributed by atoms with E-state index < -0.39 is 5.54 Å². The number of carbonyl (C=O) groups is 1. The van der Waals surface area contributed by atoms with Gasteiger partial charge in [0.25, 0.3) is 5.91 Å². The second-order valence-electron chi connectivity index (χ2n) is 5.56. The minimum absolute atomic E-state index is 0.142. The van der Waals surface area contributed by atoms with Crippen molar-refractivity contribution in [1.82, 2.24) is 15.5 Å². The van der Waals surface area contributed by atoms with Gasteiger partial charge in [-0.1, -0.05) is 31.1 Å². The molecule has 0 aliphatic rings. The lowest BCUT2D eigenvalue weighted by molar-refractivity contribution is 0.0883. The van der Waals surface area contributed by atoms with Crippen LogP contribution in [-0.4, -0.2) is 28.1 Å². The number of carbonyl (C=O) groups excluding carboxylic acids is 1. The molecule has 1 aromatic carbocycles. The van der Waals surface area contributed by atoms with Crippen LogP contribution in [-0.2, 0) is 0 Å². The van der Waals surface area contributed by atoms with E-state index in [9.17, 15) is 4.79 Å². The molecule has 3 N–H and O–H groups in total. The lowest BCUT2D eigenvalue weighted by Crippen LogP contribution is -2.55. The Labute approximate surface area is 123 Å². The molecule has 0 aliphatic carbocycles. The van der Waals surface area contributed by atoms with E-state index >= 15 is 0 Å². The molecule has 0 spiro atoms. The SMILES string of the molecule is CC(C)C(C)(CN)NC(=O)c1ccc(-c2ncon2)cc1. The number of rotatable bonds is 5. The van der Waals surface area contributed by atoms with Crippen molar-refractivity contribution in [3.05, 3.63) is 36.2 Å². The topological polar surface area (TPSA) is 94.0 Å². The van der Waals surface area contributed by atoms with Gasteiger partial charge < -0.3 is 15.6 Å². The molecule has 6 nitrogen and oxygen atoms in total. The summed E-state index contributed by atoms with van der Waals surface area (Å²) in [6, 6.07) is 7.04. The summed E-state index contributed by atoms with van der Waals surface area (Å²) >= 11 is 0. The average molecular weight is 288 g/mol. The summed E-state index contributed by atoms with van der Waals surface area (Å²) in [7, 11) is 0. The van der Waals surface area contributed by atoms with E-state index in [1.165, 1.54) is 6.39 Å². The maximum atomic E-state index is 12.3. The standard InChI is InChI=1S/C15H20N4O2/c1-10(2)15(3,8-16)18-14(20)12-6-4-11(5-7-12)13-17-9-21-19-13/h4-7,9-10H,8,16H2,1-3H3,(H,18,20). The first-order chi connectivity index (χ1) is 9.96. The second kappa shape index (κ2) is 6.05. The average Bonchev–Trinajstić information content (AvgIpc) is 3.01. The highest BCUT2D eigenvalue weighted by molar-refractivity contribution is 5.95. The van der Waals surface area contributed by atoms with Crippen molar-refractivity contribution < 1.29 is 9.32 Å². The fourth-order valence-electron chi connectivity index (χ4n) is 1.83. The van der Waals surface area contributed by atoms with Crippen LogP contribution in [0.5, 0.6) is 0 Å². The van der Waals surface area contributed by atoms with E-state index in [2.05, 4.69) is 15.5 Å². The third kappa shape index (κ3) is 3.28. The van der Waals surface area contributed by atoms with Crippen LogP contribution in [0.2, 0.25) is 0 Å². The molecule has 0 bridgehead atoms. The zero-order chi connectivity index (χ0) is 15.5. The molecule has 0 saturated heterocycles. The first kappa shape index (κ1) is 15.2. The predicted molar refractivity (Wildman–Crippen MR) is 79.5 cm³/mol. The number of nitrogens with two attached hydrogens (primary N) is 1. The van der Waals surface area contributed by atoms with E-state index in [-0.39, 0.29) is 11.8 Å². The molecule has 6 heteroatoms. The van der Waals surface area contributed by atoms with Gasteiger partial charge in [-0.05, 0) is 25.0 Å². The molecule has 0 aliphatic heterocycles. The number of hydrogen-bond acceptors (Lipinski definition) is 5. The molecule has 21 heavy (non-hydrogen) atoms. The van der Waals surface area contributed by atoms with E-state index in [1.807, 2.05) is 20.8 Å². The number of aromatic nitrogens is 2. The lowest BCUT2D eigenvalue weighted by atomic mass is 9.88. The van der Waals surface area contributed by atoms with Gasteiger partial charge in [-0.3, -0.25) is 4.79 Å². The molecule has 1 amide bonds. The van der Waals surface area contributed by atoms with Gasteiger partial charge in [0.1, 0.15) is 0 Å². The second-order valence-corrected chi connectivity index (χ2v) is 5.56. The monoisotopic (exact) mass is 288 g/mol. The molecule has 1 unspecified atom stereocenters. The molecule has 2 rings (SSSR count). The van der Waals surface area contributed by atoms with Crippen LogP contribution in [0.1, 0.15) is 31.1 Å². The van der Waals surface area contributed by atoms with Crippen molar-refractivity contribution in [3.8, 4) is 11.4 Å². The summed E-state index contributed by atoms with van der Waals surface area (Å²) in [5.41, 5.74) is 6.72. The van der Waals surface area contributed by atoms with Crippen molar-refractivity contribution in [2.75, 3.05) is 6.54 Å². The molecule has 0 saturated carbocycles. The van der Waals surface area contributed by atoms with Gasteiger partial charge >= 0.3 is 0 Å². The fraction of sp³-hybridized carbons (Fsp3) is 0.400. The Bertz CT molecular complexity index is 593. The normalized spacial score (nSPS) is 14.0. The predicted octanol–water partition coefficient (Wildman–Crippen LogP) is 1.84. The Kier molecular flexibility index (Phi) is 4.37. The fourth-order valence-corrected chi connectivity index (χ4v) is 1.83. The maximum absolute atomic E-state index is 12.3. The third-order valence-corrected chi connectivity index (χ3v) is 3.86. The minimum Gasteiger partial charge on any atom is -0.345 e. The molecule has 0 radical (unpaired) electrons. The highest BCUT2D eigenvalue weighted by atomic mass is 16.5. The molecule has 1 heterocycles. The van der Waals surface area contributed by atoms with Gasteiger partial charge in [0.05, 0.1) is 5.54 Å². The molecule has 2 aromatic rings. The molecule has 112 valence electrons. The van der Waals surface area contributed by atoms with E-state index in [0.717, 1.165) is 5.56 Å². The van der Waals surface area contributed by atoms with E-state index in [0.29, 0.717) is 17.9 Å². The third-order valence-electron chi connectivity index (χ3n) is 3.86. The highest BCUT2D eigenvalue weighted by Crippen LogP contribution is 2.18. The zero-order valence-corrected chi connectivity index (χ0v) is 12.5. The summed E-state index contributed by atoms with van der Waals surface area (Å²) in [5.74, 6) is 0.595. The van der Waals surface area contributed by atoms with Gasteiger partial charge in [-0.2, -0.15) is 4.98 Å². The smallest absolute Gasteiger partial charge is 0.251 e. The Morgan fingerprint density at radius 3 is 2.52 bits per heavy atom. The Morgan fingerprint density at radius 2 is 2.05 bits per heavy atom. The van der Waals surface area contributed by atoms with Crippen LogP contribution in [0.25, 0.3) is 11.4 Å².